The zero-order chi connectivity index (χ0) is 20.3. The van der Waals surface area contributed by atoms with Crippen LogP contribution >= 0.6 is 0 Å². The standard InChI is InChI=1S/C21H26O8/c1-25-15-3-9(4-16(26-2)19(15)24)17-10-5-12-13(22)7-27-14(12)6-11(10)18(23)21-20(17)28-8-29-21/h3-4,10-12,14,17-18,20-21,23-24H,5-8H2,1-2H3/t10?,11?,12-,14+,17-,18?,20?,21?/m0/s1. The van der Waals surface area contributed by atoms with Gasteiger partial charge in [-0.25, -0.2) is 0 Å². The van der Waals surface area contributed by atoms with Crippen molar-refractivity contribution in [1.29, 1.82) is 0 Å². The fourth-order valence-corrected chi connectivity index (χ4v) is 5.87. The third kappa shape index (κ3) is 2.84. The molecule has 2 aliphatic carbocycles. The van der Waals surface area contributed by atoms with Crippen molar-refractivity contribution in [2.75, 3.05) is 27.6 Å². The summed E-state index contributed by atoms with van der Waals surface area (Å²) in [6.45, 7) is 0.271. The Hall–Kier alpha value is -1.87. The SMILES string of the molecule is COc1cc([C@H]2C3C[C@H]4C(=O)CO[C@@H]4CC3C(O)C3OCOC32)cc(OC)c1O. The third-order valence-electron chi connectivity index (χ3n) is 7.20. The van der Waals surface area contributed by atoms with Crippen LogP contribution in [0.1, 0.15) is 24.3 Å². The number of methoxy groups -OCH3 is 2. The van der Waals surface area contributed by atoms with Gasteiger partial charge in [0.25, 0.3) is 0 Å². The number of rotatable bonds is 3. The second-order valence-electron chi connectivity index (χ2n) is 8.39. The van der Waals surface area contributed by atoms with E-state index in [1.54, 1.807) is 12.1 Å². The number of ether oxygens (including phenoxy) is 5. The Morgan fingerprint density at radius 3 is 2.38 bits per heavy atom. The number of hydrogen-bond acceptors (Lipinski definition) is 8. The van der Waals surface area contributed by atoms with Gasteiger partial charge in [0.15, 0.2) is 17.3 Å². The van der Waals surface area contributed by atoms with E-state index in [2.05, 4.69) is 0 Å². The van der Waals surface area contributed by atoms with Gasteiger partial charge < -0.3 is 33.9 Å². The fourth-order valence-electron chi connectivity index (χ4n) is 5.87. The fraction of sp³-hybridized carbons (Fsp3) is 0.667. The van der Waals surface area contributed by atoms with E-state index in [-0.39, 0.29) is 60.8 Å². The Balaban J connectivity index is 1.59. The van der Waals surface area contributed by atoms with Crippen LogP contribution in [0.4, 0.5) is 0 Å². The molecule has 158 valence electrons. The highest BCUT2D eigenvalue weighted by atomic mass is 16.7. The molecule has 0 radical (unpaired) electrons. The molecule has 0 bridgehead atoms. The molecule has 2 aliphatic heterocycles. The first-order valence-corrected chi connectivity index (χ1v) is 10.0. The van der Waals surface area contributed by atoms with Crippen molar-refractivity contribution in [3.63, 3.8) is 0 Å². The van der Waals surface area contributed by atoms with Gasteiger partial charge in [-0.05, 0) is 42.4 Å². The average molecular weight is 406 g/mol. The molecule has 1 aromatic carbocycles. The topological polar surface area (TPSA) is 104 Å². The van der Waals surface area contributed by atoms with Crippen molar-refractivity contribution < 1.29 is 38.7 Å². The molecule has 8 nitrogen and oxygen atoms in total. The van der Waals surface area contributed by atoms with Crippen molar-refractivity contribution in [2.45, 2.75) is 43.2 Å². The lowest BCUT2D eigenvalue weighted by atomic mass is 9.58. The summed E-state index contributed by atoms with van der Waals surface area (Å²) in [4.78, 5) is 12.4. The molecule has 2 N–H and O–H groups in total. The second kappa shape index (κ2) is 7.12. The van der Waals surface area contributed by atoms with Gasteiger partial charge in [-0.15, -0.1) is 0 Å². The number of benzene rings is 1. The summed E-state index contributed by atoms with van der Waals surface area (Å²) in [7, 11) is 2.98. The normalized spacial score (nSPS) is 40.9. The summed E-state index contributed by atoms with van der Waals surface area (Å²) in [6.07, 6.45) is -0.349. The first-order chi connectivity index (χ1) is 14.0. The van der Waals surface area contributed by atoms with E-state index < -0.39 is 12.2 Å². The maximum atomic E-state index is 12.4. The van der Waals surface area contributed by atoms with Crippen LogP contribution in [0.3, 0.4) is 0 Å². The molecule has 0 spiro atoms. The lowest BCUT2D eigenvalue weighted by Crippen LogP contribution is -2.56. The van der Waals surface area contributed by atoms with E-state index in [4.69, 9.17) is 23.7 Å². The molecule has 0 amide bonds. The summed E-state index contributed by atoms with van der Waals surface area (Å²) in [5, 5.41) is 21.4. The second-order valence-corrected chi connectivity index (χ2v) is 8.39. The van der Waals surface area contributed by atoms with Crippen LogP contribution in [-0.2, 0) is 19.0 Å². The lowest BCUT2D eigenvalue weighted by Gasteiger charge is -2.50. The van der Waals surface area contributed by atoms with E-state index in [1.165, 1.54) is 14.2 Å². The number of phenolic OH excluding ortho intramolecular Hbond substituents is 1. The lowest BCUT2D eigenvalue weighted by molar-refractivity contribution is -0.131. The maximum Gasteiger partial charge on any atom is 0.200 e. The summed E-state index contributed by atoms with van der Waals surface area (Å²) in [6, 6.07) is 3.57. The molecule has 29 heavy (non-hydrogen) atoms. The van der Waals surface area contributed by atoms with Crippen LogP contribution in [0.5, 0.6) is 17.2 Å². The van der Waals surface area contributed by atoms with Crippen LogP contribution in [0.15, 0.2) is 12.1 Å². The molecular weight excluding hydrogens is 380 g/mol. The van der Waals surface area contributed by atoms with Crippen molar-refractivity contribution in [2.24, 2.45) is 17.8 Å². The number of aliphatic hydroxyl groups excluding tert-OH is 1. The van der Waals surface area contributed by atoms with Gasteiger partial charge in [-0.1, -0.05) is 0 Å². The van der Waals surface area contributed by atoms with Crippen LogP contribution < -0.4 is 9.47 Å². The average Bonchev–Trinajstić information content (AvgIpc) is 3.35. The minimum absolute atomic E-state index is 0.0128. The summed E-state index contributed by atoms with van der Waals surface area (Å²) in [5.74, 6) is 0.361. The molecule has 2 saturated heterocycles. The molecule has 1 aromatic rings. The quantitative estimate of drug-likeness (QED) is 0.772. The van der Waals surface area contributed by atoms with Crippen molar-refractivity contribution in [1.82, 2.24) is 0 Å². The van der Waals surface area contributed by atoms with Crippen LogP contribution in [0, 0.1) is 17.8 Å². The van der Waals surface area contributed by atoms with Gasteiger partial charge in [0.1, 0.15) is 19.5 Å². The zero-order valence-corrected chi connectivity index (χ0v) is 16.4. The molecule has 2 saturated carbocycles. The van der Waals surface area contributed by atoms with Crippen LogP contribution in [0.25, 0.3) is 0 Å². The summed E-state index contributed by atoms with van der Waals surface area (Å²) >= 11 is 0. The maximum absolute atomic E-state index is 12.4. The van der Waals surface area contributed by atoms with Gasteiger partial charge in [-0.2, -0.15) is 0 Å². The molecular formula is C21H26O8. The Morgan fingerprint density at radius 1 is 1.00 bits per heavy atom. The van der Waals surface area contributed by atoms with Gasteiger partial charge >= 0.3 is 0 Å². The zero-order valence-electron chi connectivity index (χ0n) is 16.4. The van der Waals surface area contributed by atoms with Gasteiger partial charge in [0.2, 0.25) is 5.75 Å². The predicted octanol–water partition coefficient (Wildman–Crippen LogP) is 1.22. The van der Waals surface area contributed by atoms with Crippen molar-refractivity contribution >= 4 is 5.78 Å². The smallest absolute Gasteiger partial charge is 0.200 e. The molecule has 4 fully saturated rings. The molecule has 2 heterocycles. The van der Waals surface area contributed by atoms with Crippen molar-refractivity contribution in [3.05, 3.63) is 17.7 Å². The number of carbonyl (C=O) groups is 1. The summed E-state index contributed by atoms with van der Waals surface area (Å²) < 4.78 is 28.1. The Labute approximate surface area is 168 Å². The van der Waals surface area contributed by atoms with Crippen LogP contribution in [0.2, 0.25) is 0 Å². The number of carbonyl (C=O) groups excluding carboxylic acids is 1. The number of hydrogen-bond donors (Lipinski definition) is 2. The highest BCUT2D eigenvalue weighted by Gasteiger charge is 2.58. The van der Waals surface area contributed by atoms with Gasteiger partial charge in [0, 0.05) is 11.8 Å². The van der Waals surface area contributed by atoms with E-state index in [1.807, 2.05) is 0 Å². The Bertz CT molecular complexity index is 785. The third-order valence-corrected chi connectivity index (χ3v) is 7.20. The van der Waals surface area contributed by atoms with Gasteiger partial charge in [0.05, 0.1) is 32.5 Å². The predicted molar refractivity (Wildman–Crippen MR) is 99.0 cm³/mol. The molecule has 8 atom stereocenters. The van der Waals surface area contributed by atoms with Crippen LogP contribution in [-0.4, -0.2) is 68.0 Å². The molecule has 4 aliphatic rings. The number of aromatic hydroxyl groups is 1. The van der Waals surface area contributed by atoms with E-state index >= 15 is 0 Å². The summed E-state index contributed by atoms with van der Waals surface area (Å²) in [5.41, 5.74) is 0.878. The largest absolute Gasteiger partial charge is 0.502 e. The van der Waals surface area contributed by atoms with Gasteiger partial charge in [-0.3, -0.25) is 4.79 Å². The van der Waals surface area contributed by atoms with E-state index in [9.17, 15) is 15.0 Å². The monoisotopic (exact) mass is 406 g/mol. The molecule has 0 aromatic heterocycles. The highest BCUT2D eigenvalue weighted by Crippen LogP contribution is 2.55. The Kier molecular flexibility index (Phi) is 4.70. The first kappa shape index (κ1) is 19.1. The number of ketones is 1. The number of aliphatic hydroxyl groups is 1. The first-order valence-electron chi connectivity index (χ1n) is 10.0. The van der Waals surface area contributed by atoms with E-state index in [0.29, 0.717) is 24.3 Å². The highest BCUT2D eigenvalue weighted by molar-refractivity contribution is 5.84. The van der Waals surface area contributed by atoms with E-state index in [0.717, 1.165) is 5.56 Å². The molecule has 5 rings (SSSR count). The molecule has 8 heteroatoms. The minimum Gasteiger partial charge on any atom is -0.502 e. The number of Topliss-reactive ketones (excluding diaryl/α,β-unsaturated/α-hetero) is 1. The number of fused-ring (bicyclic) bond motifs is 3. The Morgan fingerprint density at radius 2 is 1.69 bits per heavy atom. The minimum atomic E-state index is -0.676. The molecule has 5 unspecified atom stereocenters. The van der Waals surface area contributed by atoms with Crippen molar-refractivity contribution in [3.8, 4) is 17.2 Å². The number of phenols is 1.